The number of aryl methyl sites for hydroxylation is 1. The summed E-state index contributed by atoms with van der Waals surface area (Å²) < 4.78 is 5.24. The third-order valence-electron chi connectivity index (χ3n) is 7.40. The fourth-order valence-corrected chi connectivity index (χ4v) is 5.48. The zero-order valence-electron chi connectivity index (χ0n) is 19.5. The Bertz CT molecular complexity index is 1050. The number of ether oxygens (including phenoxy) is 1. The average molecular weight is 449 g/mol. The first kappa shape index (κ1) is 21.9. The van der Waals surface area contributed by atoms with Gasteiger partial charge in [0.2, 0.25) is 11.8 Å². The van der Waals surface area contributed by atoms with E-state index < -0.39 is 0 Å². The summed E-state index contributed by atoms with van der Waals surface area (Å²) in [5.74, 6) is 2.97. The van der Waals surface area contributed by atoms with E-state index in [4.69, 9.17) is 14.7 Å². The molecule has 0 spiro atoms. The van der Waals surface area contributed by atoms with Gasteiger partial charge in [-0.2, -0.15) is 0 Å². The number of anilines is 1. The Morgan fingerprint density at radius 3 is 2.58 bits per heavy atom. The quantitative estimate of drug-likeness (QED) is 0.696. The second-order valence-corrected chi connectivity index (χ2v) is 9.58. The van der Waals surface area contributed by atoms with Crippen LogP contribution in [0.4, 0.5) is 5.82 Å². The van der Waals surface area contributed by atoms with Gasteiger partial charge >= 0.3 is 0 Å². The highest BCUT2D eigenvalue weighted by molar-refractivity contribution is 6.00. The number of aromatic nitrogens is 2. The van der Waals surface area contributed by atoms with Crippen molar-refractivity contribution in [2.75, 3.05) is 25.1 Å². The molecule has 1 saturated heterocycles. The molecule has 1 saturated carbocycles. The molecule has 7 heteroatoms. The van der Waals surface area contributed by atoms with Crippen LogP contribution in [-0.4, -0.2) is 46.9 Å². The Labute approximate surface area is 195 Å². The maximum Gasteiger partial charge on any atom is 0.233 e. The standard InChI is InChI=1S/C26H32N4O3/c1-17-22-14-23(31)30(15-18-9-11-21(33-2)12-10-18)25(22)28-24(27-17)20-8-5-13-29(16-20)26(32)19-6-3-4-7-19/h9-12,19-20H,3-8,13-16H2,1-2H3. The molecule has 2 aromatic rings. The molecule has 33 heavy (non-hydrogen) atoms. The Morgan fingerprint density at radius 1 is 1.09 bits per heavy atom. The molecular formula is C26H32N4O3. The molecule has 0 N–H and O–H groups in total. The number of rotatable bonds is 5. The van der Waals surface area contributed by atoms with Gasteiger partial charge in [-0.3, -0.25) is 14.5 Å². The van der Waals surface area contributed by atoms with Crippen LogP contribution in [0.15, 0.2) is 24.3 Å². The van der Waals surface area contributed by atoms with Gasteiger partial charge in [-0.15, -0.1) is 0 Å². The van der Waals surface area contributed by atoms with Crippen LogP contribution in [0.25, 0.3) is 0 Å². The number of methoxy groups -OCH3 is 1. The van der Waals surface area contributed by atoms with E-state index in [0.717, 1.165) is 66.4 Å². The number of hydrogen-bond donors (Lipinski definition) is 0. The van der Waals surface area contributed by atoms with Crippen molar-refractivity contribution in [3.05, 3.63) is 46.9 Å². The number of fused-ring (bicyclic) bond motifs is 1. The lowest BCUT2D eigenvalue weighted by Crippen LogP contribution is -2.42. The van der Waals surface area contributed by atoms with Gasteiger partial charge in [-0.25, -0.2) is 9.97 Å². The predicted molar refractivity (Wildman–Crippen MR) is 125 cm³/mol. The molecule has 3 aliphatic rings. The number of piperidine rings is 1. The lowest BCUT2D eigenvalue weighted by Gasteiger charge is -2.34. The summed E-state index contributed by atoms with van der Waals surface area (Å²) in [7, 11) is 1.64. The third-order valence-corrected chi connectivity index (χ3v) is 7.40. The van der Waals surface area contributed by atoms with E-state index in [1.54, 1.807) is 12.0 Å². The first-order chi connectivity index (χ1) is 16.0. The first-order valence-electron chi connectivity index (χ1n) is 12.1. The molecule has 1 aromatic carbocycles. The van der Waals surface area contributed by atoms with E-state index in [1.807, 2.05) is 36.1 Å². The fourth-order valence-electron chi connectivity index (χ4n) is 5.48. The highest BCUT2D eigenvalue weighted by Gasteiger charge is 2.35. The van der Waals surface area contributed by atoms with Crippen LogP contribution in [0.3, 0.4) is 0 Å². The van der Waals surface area contributed by atoms with Crippen molar-refractivity contribution < 1.29 is 14.3 Å². The Balaban J connectivity index is 1.37. The molecule has 0 radical (unpaired) electrons. The zero-order valence-corrected chi connectivity index (χ0v) is 19.5. The van der Waals surface area contributed by atoms with E-state index in [-0.39, 0.29) is 17.7 Å². The van der Waals surface area contributed by atoms with Crippen LogP contribution in [0.5, 0.6) is 5.75 Å². The number of likely N-dealkylation sites (tertiary alicyclic amines) is 1. The largest absolute Gasteiger partial charge is 0.497 e. The van der Waals surface area contributed by atoms with Crippen molar-refractivity contribution in [2.45, 2.75) is 64.3 Å². The number of nitrogens with zero attached hydrogens (tertiary/aromatic N) is 4. The van der Waals surface area contributed by atoms with Crippen LogP contribution in [0.1, 0.15) is 67.1 Å². The maximum absolute atomic E-state index is 13.0. The Morgan fingerprint density at radius 2 is 1.85 bits per heavy atom. The molecule has 2 fully saturated rings. The van der Waals surface area contributed by atoms with E-state index in [9.17, 15) is 9.59 Å². The highest BCUT2D eigenvalue weighted by Crippen LogP contribution is 2.35. The smallest absolute Gasteiger partial charge is 0.233 e. The topological polar surface area (TPSA) is 75.6 Å². The van der Waals surface area contributed by atoms with Gasteiger partial charge in [0.1, 0.15) is 17.4 Å². The lowest BCUT2D eigenvalue weighted by atomic mass is 9.95. The molecular weight excluding hydrogens is 416 g/mol. The van der Waals surface area contributed by atoms with Gasteiger partial charge in [0.25, 0.3) is 0 Å². The average Bonchev–Trinajstić information content (AvgIpc) is 3.48. The van der Waals surface area contributed by atoms with Crippen LogP contribution >= 0.6 is 0 Å². The molecule has 2 aliphatic heterocycles. The summed E-state index contributed by atoms with van der Waals surface area (Å²) >= 11 is 0. The van der Waals surface area contributed by atoms with Crippen LogP contribution < -0.4 is 9.64 Å². The molecule has 1 aromatic heterocycles. The summed E-state index contributed by atoms with van der Waals surface area (Å²) in [6.07, 6.45) is 6.66. The van der Waals surface area contributed by atoms with Crippen molar-refractivity contribution in [3.8, 4) is 5.75 Å². The van der Waals surface area contributed by atoms with Gasteiger partial charge in [-0.05, 0) is 50.3 Å². The minimum absolute atomic E-state index is 0.0528. The molecule has 5 rings (SSSR count). The van der Waals surface area contributed by atoms with Gasteiger partial charge < -0.3 is 9.64 Å². The van der Waals surface area contributed by atoms with Gasteiger partial charge in [0, 0.05) is 36.2 Å². The number of carbonyl (C=O) groups is 2. The van der Waals surface area contributed by atoms with Crippen LogP contribution in [-0.2, 0) is 22.6 Å². The van der Waals surface area contributed by atoms with Crippen LogP contribution in [0, 0.1) is 12.8 Å². The van der Waals surface area contributed by atoms with E-state index in [0.29, 0.717) is 25.4 Å². The second-order valence-electron chi connectivity index (χ2n) is 9.58. The van der Waals surface area contributed by atoms with E-state index in [2.05, 4.69) is 0 Å². The first-order valence-corrected chi connectivity index (χ1v) is 12.1. The Kier molecular flexibility index (Phi) is 6.04. The minimum atomic E-state index is 0.0528. The zero-order chi connectivity index (χ0) is 22.9. The summed E-state index contributed by atoms with van der Waals surface area (Å²) in [5.41, 5.74) is 2.83. The fraction of sp³-hybridized carbons (Fsp3) is 0.538. The normalized spacial score (nSPS) is 20.9. The van der Waals surface area contributed by atoms with Crippen molar-refractivity contribution >= 4 is 17.6 Å². The predicted octanol–water partition coefficient (Wildman–Crippen LogP) is 3.78. The number of amides is 2. The lowest BCUT2D eigenvalue weighted by molar-refractivity contribution is -0.136. The third kappa shape index (κ3) is 4.33. The number of hydrogen-bond acceptors (Lipinski definition) is 5. The van der Waals surface area contributed by atoms with Crippen molar-refractivity contribution in [1.29, 1.82) is 0 Å². The monoisotopic (exact) mass is 448 g/mol. The molecule has 1 aliphatic carbocycles. The second kappa shape index (κ2) is 9.12. The highest BCUT2D eigenvalue weighted by atomic mass is 16.5. The van der Waals surface area contributed by atoms with Crippen molar-refractivity contribution in [1.82, 2.24) is 14.9 Å². The van der Waals surface area contributed by atoms with E-state index >= 15 is 0 Å². The molecule has 0 bridgehead atoms. The number of carbonyl (C=O) groups excluding carboxylic acids is 2. The molecule has 1 unspecified atom stereocenters. The molecule has 1 atom stereocenters. The SMILES string of the molecule is COc1ccc(CN2C(=O)Cc3c(C)nc(C4CCCN(C(=O)C5CCCC5)C4)nc32)cc1. The van der Waals surface area contributed by atoms with Crippen molar-refractivity contribution in [2.24, 2.45) is 5.92 Å². The Hall–Kier alpha value is -2.96. The number of benzene rings is 1. The van der Waals surface area contributed by atoms with Gasteiger partial charge in [-0.1, -0.05) is 25.0 Å². The molecule has 7 nitrogen and oxygen atoms in total. The molecule has 3 heterocycles. The van der Waals surface area contributed by atoms with E-state index in [1.165, 1.54) is 12.8 Å². The maximum atomic E-state index is 13.0. The van der Waals surface area contributed by atoms with Gasteiger partial charge in [0.15, 0.2) is 0 Å². The van der Waals surface area contributed by atoms with Gasteiger partial charge in [0.05, 0.1) is 20.1 Å². The minimum Gasteiger partial charge on any atom is -0.497 e. The summed E-state index contributed by atoms with van der Waals surface area (Å²) in [6, 6.07) is 7.77. The molecule has 2 amide bonds. The van der Waals surface area contributed by atoms with Crippen molar-refractivity contribution in [3.63, 3.8) is 0 Å². The summed E-state index contributed by atoms with van der Waals surface area (Å²) in [4.78, 5) is 39.4. The molecule has 174 valence electrons. The summed E-state index contributed by atoms with van der Waals surface area (Å²) in [6.45, 7) is 3.96. The summed E-state index contributed by atoms with van der Waals surface area (Å²) in [5, 5.41) is 0. The van der Waals surface area contributed by atoms with Crippen LogP contribution in [0.2, 0.25) is 0 Å².